The minimum Gasteiger partial charge on any atom is -0.0625 e. The fraction of sp³-hybridized carbons (Fsp3) is 1.00. The van der Waals surface area contributed by atoms with Crippen LogP contribution in [0.25, 0.3) is 0 Å². The van der Waals surface area contributed by atoms with E-state index in [0.29, 0.717) is 0 Å². The van der Waals surface area contributed by atoms with E-state index in [-0.39, 0.29) is 0 Å². The van der Waals surface area contributed by atoms with Crippen LogP contribution in [-0.4, -0.2) is 0 Å². The molecule has 0 unspecified atom stereocenters. The van der Waals surface area contributed by atoms with Crippen LogP contribution >= 0.6 is 0 Å². The normalized spacial score (nSPS) is 45.0. The van der Waals surface area contributed by atoms with Gasteiger partial charge in [-0.1, -0.05) is 79.1 Å². The molecule has 0 aromatic rings. The van der Waals surface area contributed by atoms with Gasteiger partial charge in [-0.2, -0.15) is 0 Å². The minimum absolute atomic E-state index is 1.02. The van der Waals surface area contributed by atoms with Crippen molar-refractivity contribution in [3.05, 3.63) is 0 Å². The van der Waals surface area contributed by atoms with Crippen molar-refractivity contribution in [3.63, 3.8) is 0 Å². The maximum absolute atomic E-state index is 2.43. The van der Waals surface area contributed by atoms with E-state index >= 15 is 0 Å². The molecule has 0 heteroatoms. The van der Waals surface area contributed by atoms with Crippen molar-refractivity contribution in [2.24, 2.45) is 47.3 Å². The van der Waals surface area contributed by atoms with Crippen LogP contribution in [0.15, 0.2) is 0 Å². The first-order valence-corrected chi connectivity index (χ1v) is 13.5. The summed E-state index contributed by atoms with van der Waals surface area (Å²) in [5.74, 6) is 8.53. The van der Waals surface area contributed by atoms with Gasteiger partial charge in [0.15, 0.2) is 0 Å². The lowest BCUT2D eigenvalue weighted by Gasteiger charge is -2.36. The molecule has 0 nitrogen and oxygen atoms in total. The molecular weight excluding hydrogens is 336 g/mol. The Balaban J connectivity index is 0.000000161. The highest BCUT2D eigenvalue weighted by Gasteiger charge is 2.29. The van der Waals surface area contributed by atoms with Crippen LogP contribution in [0.4, 0.5) is 0 Å². The minimum atomic E-state index is 1.02. The Labute approximate surface area is 178 Å². The van der Waals surface area contributed by atoms with Gasteiger partial charge >= 0.3 is 0 Å². The standard InChI is InChI=1S/2C14H26/c2*1-11-3-7-13(8-4-11)14-9-5-12(2)6-10-14/h2*11-14H,3-10H2,1-2H3. The van der Waals surface area contributed by atoms with E-state index in [4.69, 9.17) is 0 Å². The van der Waals surface area contributed by atoms with Gasteiger partial charge < -0.3 is 0 Å². The molecule has 4 saturated carbocycles. The van der Waals surface area contributed by atoms with Crippen LogP contribution in [-0.2, 0) is 0 Å². The van der Waals surface area contributed by atoms with Crippen LogP contribution < -0.4 is 0 Å². The van der Waals surface area contributed by atoms with Crippen molar-refractivity contribution < 1.29 is 0 Å². The topological polar surface area (TPSA) is 0 Å². The molecule has 28 heavy (non-hydrogen) atoms. The first-order chi connectivity index (χ1) is 13.5. The lowest BCUT2D eigenvalue weighted by atomic mass is 9.70. The third-order valence-electron chi connectivity index (χ3n) is 9.58. The van der Waals surface area contributed by atoms with Gasteiger partial charge in [-0.15, -0.1) is 0 Å². The molecule has 0 N–H and O–H groups in total. The third kappa shape index (κ3) is 7.05. The van der Waals surface area contributed by atoms with Crippen LogP contribution in [0.3, 0.4) is 0 Å². The molecule has 0 heterocycles. The van der Waals surface area contributed by atoms with E-state index in [1.807, 2.05) is 0 Å². The highest BCUT2D eigenvalue weighted by atomic mass is 14.3. The van der Waals surface area contributed by atoms with Gasteiger partial charge in [-0.05, 0) is 98.7 Å². The van der Waals surface area contributed by atoms with E-state index in [2.05, 4.69) is 27.7 Å². The lowest BCUT2D eigenvalue weighted by molar-refractivity contribution is 0.155. The second-order valence-corrected chi connectivity index (χ2v) is 12.1. The van der Waals surface area contributed by atoms with E-state index in [9.17, 15) is 0 Å². The molecule has 0 aromatic carbocycles. The molecule has 4 aliphatic rings. The predicted octanol–water partition coefficient (Wildman–Crippen LogP) is 9.28. The summed E-state index contributed by atoms with van der Waals surface area (Å²) in [5.41, 5.74) is 0. The SMILES string of the molecule is CC1CCC(C2CCC(C)CC2)CC1.CC1CCC(C2CCC(C)CC2)CC1. The monoisotopic (exact) mass is 388 g/mol. The largest absolute Gasteiger partial charge is 0.0625 e. The van der Waals surface area contributed by atoms with Crippen molar-refractivity contribution in [1.82, 2.24) is 0 Å². The van der Waals surface area contributed by atoms with Gasteiger partial charge in [0.25, 0.3) is 0 Å². The number of hydrogen-bond donors (Lipinski definition) is 0. The Hall–Kier alpha value is 0. The molecule has 0 spiro atoms. The molecule has 0 aliphatic heterocycles. The molecule has 4 rings (SSSR count). The summed E-state index contributed by atoms with van der Waals surface area (Å²) in [6.45, 7) is 9.72. The zero-order valence-corrected chi connectivity index (χ0v) is 19.9. The Kier molecular flexibility index (Phi) is 9.24. The van der Waals surface area contributed by atoms with Crippen molar-refractivity contribution in [2.75, 3.05) is 0 Å². The Morgan fingerprint density at radius 1 is 0.250 bits per heavy atom. The van der Waals surface area contributed by atoms with Crippen LogP contribution in [0, 0.1) is 47.3 Å². The second kappa shape index (κ2) is 11.4. The first kappa shape index (κ1) is 22.7. The highest BCUT2D eigenvalue weighted by Crippen LogP contribution is 2.42. The Morgan fingerprint density at radius 3 is 0.536 bits per heavy atom. The van der Waals surface area contributed by atoms with E-state index < -0.39 is 0 Å². The summed E-state index contributed by atoms with van der Waals surface area (Å²) in [7, 11) is 0. The van der Waals surface area contributed by atoms with Crippen molar-refractivity contribution in [2.45, 2.75) is 130 Å². The maximum Gasteiger partial charge on any atom is -0.0386 e. The smallest absolute Gasteiger partial charge is 0.0386 e. The fourth-order valence-corrected chi connectivity index (χ4v) is 7.03. The molecule has 4 aliphatic carbocycles. The van der Waals surface area contributed by atoms with Gasteiger partial charge in [-0.3, -0.25) is 0 Å². The van der Waals surface area contributed by atoms with Crippen LogP contribution in [0.1, 0.15) is 130 Å². The quantitative estimate of drug-likeness (QED) is 0.442. The maximum atomic E-state index is 2.43. The Morgan fingerprint density at radius 2 is 0.393 bits per heavy atom. The number of hydrogen-bond acceptors (Lipinski definition) is 0. The van der Waals surface area contributed by atoms with Crippen LogP contribution in [0.5, 0.6) is 0 Å². The molecular formula is C28H52. The molecule has 0 aromatic heterocycles. The first-order valence-electron chi connectivity index (χ1n) is 13.5. The Bertz CT molecular complexity index is 314. The average Bonchev–Trinajstić information content (AvgIpc) is 2.71. The van der Waals surface area contributed by atoms with Gasteiger partial charge in [0.1, 0.15) is 0 Å². The molecule has 164 valence electrons. The van der Waals surface area contributed by atoms with Gasteiger partial charge in [0.05, 0.1) is 0 Å². The van der Waals surface area contributed by atoms with Crippen LogP contribution in [0.2, 0.25) is 0 Å². The average molecular weight is 389 g/mol. The summed E-state index contributed by atoms with van der Waals surface area (Å²) in [5, 5.41) is 0. The molecule has 4 fully saturated rings. The van der Waals surface area contributed by atoms with Crippen molar-refractivity contribution in [1.29, 1.82) is 0 Å². The summed E-state index contributed by atoms with van der Waals surface area (Å²) in [6.07, 6.45) is 24.4. The predicted molar refractivity (Wildman–Crippen MR) is 124 cm³/mol. The van der Waals surface area contributed by atoms with Gasteiger partial charge in [0.2, 0.25) is 0 Å². The van der Waals surface area contributed by atoms with Crippen molar-refractivity contribution in [3.8, 4) is 0 Å². The summed E-state index contributed by atoms with van der Waals surface area (Å²) in [6, 6.07) is 0. The molecule has 0 radical (unpaired) electrons. The zero-order valence-electron chi connectivity index (χ0n) is 19.9. The second-order valence-electron chi connectivity index (χ2n) is 12.1. The molecule has 0 atom stereocenters. The summed E-state index contributed by atoms with van der Waals surface area (Å²) >= 11 is 0. The van der Waals surface area contributed by atoms with E-state index in [1.54, 1.807) is 51.4 Å². The molecule has 0 amide bonds. The highest BCUT2D eigenvalue weighted by molar-refractivity contribution is 4.81. The van der Waals surface area contributed by atoms with E-state index in [0.717, 1.165) is 47.3 Å². The third-order valence-corrected chi connectivity index (χ3v) is 9.58. The number of rotatable bonds is 2. The van der Waals surface area contributed by atoms with Crippen molar-refractivity contribution >= 4 is 0 Å². The summed E-state index contributed by atoms with van der Waals surface area (Å²) in [4.78, 5) is 0. The lowest BCUT2D eigenvalue weighted by Crippen LogP contribution is -2.24. The molecule has 0 bridgehead atoms. The van der Waals surface area contributed by atoms with E-state index in [1.165, 1.54) is 51.4 Å². The van der Waals surface area contributed by atoms with Gasteiger partial charge in [0, 0.05) is 0 Å². The van der Waals surface area contributed by atoms with Gasteiger partial charge in [-0.25, -0.2) is 0 Å². The zero-order chi connectivity index (χ0) is 19.9. The molecule has 0 saturated heterocycles. The summed E-state index contributed by atoms with van der Waals surface area (Å²) < 4.78 is 0. The fourth-order valence-electron chi connectivity index (χ4n) is 7.03.